The van der Waals surface area contributed by atoms with Gasteiger partial charge in [-0.1, -0.05) is 52.0 Å². The highest BCUT2D eigenvalue weighted by atomic mass is 14.8. The second-order valence-corrected chi connectivity index (χ2v) is 5.91. The Morgan fingerprint density at radius 1 is 1.18 bits per heavy atom. The predicted molar refractivity (Wildman–Crippen MR) is 75.1 cm³/mol. The van der Waals surface area contributed by atoms with Crippen LogP contribution < -0.4 is 0 Å². The zero-order chi connectivity index (χ0) is 12.7. The van der Waals surface area contributed by atoms with Crippen LogP contribution in [0.5, 0.6) is 0 Å². The van der Waals surface area contributed by atoms with Crippen LogP contribution in [-0.4, -0.2) is 5.71 Å². The van der Waals surface area contributed by atoms with Crippen molar-refractivity contribution >= 4 is 5.71 Å². The van der Waals surface area contributed by atoms with Gasteiger partial charge in [0, 0.05) is 10.8 Å². The van der Waals surface area contributed by atoms with Gasteiger partial charge in [-0.25, -0.2) is 0 Å². The Balaban J connectivity index is 2.56. The molecule has 0 amide bonds. The van der Waals surface area contributed by atoms with E-state index >= 15 is 0 Å². The van der Waals surface area contributed by atoms with Gasteiger partial charge in [-0.15, -0.1) is 0 Å². The number of hydrogen-bond acceptors (Lipinski definition) is 1. The highest BCUT2D eigenvalue weighted by molar-refractivity contribution is 6.05. The van der Waals surface area contributed by atoms with Gasteiger partial charge in [-0.3, -0.25) is 4.99 Å². The zero-order valence-corrected chi connectivity index (χ0v) is 11.4. The first-order valence-corrected chi connectivity index (χ1v) is 6.22. The normalized spacial score (nSPS) is 25.1. The van der Waals surface area contributed by atoms with Crippen LogP contribution >= 0.6 is 0 Å². The molecule has 0 spiro atoms. The lowest BCUT2D eigenvalue weighted by Crippen LogP contribution is -2.21. The molecule has 0 aromatic carbocycles. The Morgan fingerprint density at radius 3 is 2.53 bits per heavy atom. The van der Waals surface area contributed by atoms with Crippen molar-refractivity contribution in [1.29, 1.82) is 0 Å². The van der Waals surface area contributed by atoms with Crippen molar-refractivity contribution in [3.8, 4) is 0 Å². The van der Waals surface area contributed by atoms with E-state index in [1.54, 1.807) is 0 Å². The lowest BCUT2D eigenvalue weighted by Gasteiger charge is -2.24. The molecule has 0 unspecified atom stereocenters. The molecular weight excluding hydrogens is 206 g/mol. The van der Waals surface area contributed by atoms with E-state index in [4.69, 9.17) is 4.99 Å². The maximum atomic E-state index is 4.75. The summed E-state index contributed by atoms with van der Waals surface area (Å²) in [5.41, 5.74) is 3.74. The van der Waals surface area contributed by atoms with Gasteiger partial charge in [0.25, 0.3) is 0 Å². The van der Waals surface area contributed by atoms with Crippen LogP contribution in [0, 0.1) is 10.8 Å². The van der Waals surface area contributed by atoms with Crippen molar-refractivity contribution < 1.29 is 0 Å². The Bertz CT molecular complexity index is 480. The first kappa shape index (κ1) is 12.1. The SMILES string of the molecule is C/C=C/C1=NC2=CC=CC(C)(C)C=C2C1(C)C. The van der Waals surface area contributed by atoms with Crippen LogP contribution in [0.3, 0.4) is 0 Å². The highest BCUT2D eigenvalue weighted by Crippen LogP contribution is 2.44. The third-order valence-electron chi connectivity index (χ3n) is 3.45. The summed E-state index contributed by atoms with van der Waals surface area (Å²) in [6.07, 6.45) is 13.0. The maximum Gasteiger partial charge on any atom is 0.0671 e. The molecule has 0 aromatic heterocycles. The summed E-state index contributed by atoms with van der Waals surface area (Å²) in [6, 6.07) is 0. The maximum absolute atomic E-state index is 4.75. The Labute approximate surface area is 104 Å². The minimum Gasteiger partial charge on any atom is -0.252 e. The molecule has 0 atom stereocenters. The van der Waals surface area contributed by atoms with Gasteiger partial charge in [0.15, 0.2) is 0 Å². The molecule has 90 valence electrons. The van der Waals surface area contributed by atoms with Gasteiger partial charge in [-0.05, 0) is 24.6 Å². The summed E-state index contributed by atoms with van der Waals surface area (Å²) < 4.78 is 0. The van der Waals surface area contributed by atoms with Crippen LogP contribution in [0.2, 0.25) is 0 Å². The molecule has 0 saturated heterocycles. The number of nitrogens with zero attached hydrogens (tertiary/aromatic N) is 1. The second kappa shape index (κ2) is 3.83. The topological polar surface area (TPSA) is 12.4 Å². The standard InChI is InChI=1S/C16H21N/c1-6-8-14-16(4,5)12-11-15(2,3)10-7-9-13(12)17-14/h6-11H,1-5H3/b8-6+. The zero-order valence-electron chi connectivity index (χ0n) is 11.4. The summed E-state index contributed by atoms with van der Waals surface area (Å²) in [6.45, 7) is 11.0. The molecule has 0 fully saturated rings. The summed E-state index contributed by atoms with van der Waals surface area (Å²) >= 11 is 0. The lowest BCUT2D eigenvalue weighted by molar-refractivity contribution is 0.589. The van der Waals surface area contributed by atoms with E-state index in [-0.39, 0.29) is 10.8 Å². The Kier molecular flexibility index (Phi) is 2.73. The average molecular weight is 227 g/mol. The Hall–Kier alpha value is -1.37. The molecule has 1 aliphatic carbocycles. The van der Waals surface area contributed by atoms with E-state index in [1.165, 1.54) is 5.57 Å². The van der Waals surface area contributed by atoms with E-state index in [1.807, 2.05) is 6.92 Å². The van der Waals surface area contributed by atoms with E-state index < -0.39 is 0 Å². The molecule has 0 saturated carbocycles. The number of aliphatic imine (C=N–C) groups is 1. The second-order valence-electron chi connectivity index (χ2n) is 5.91. The minimum absolute atomic E-state index is 0.0155. The number of fused-ring (bicyclic) bond motifs is 1. The van der Waals surface area contributed by atoms with Crippen molar-refractivity contribution in [2.24, 2.45) is 15.8 Å². The summed E-state index contributed by atoms with van der Waals surface area (Å²) in [5.74, 6) is 0. The monoisotopic (exact) mass is 227 g/mol. The molecule has 2 aliphatic rings. The average Bonchev–Trinajstić information content (AvgIpc) is 2.36. The molecule has 2 rings (SSSR count). The van der Waals surface area contributed by atoms with Crippen molar-refractivity contribution in [3.63, 3.8) is 0 Å². The molecule has 0 radical (unpaired) electrons. The van der Waals surface area contributed by atoms with Crippen LogP contribution in [-0.2, 0) is 0 Å². The van der Waals surface area contributed by atoms with Gasteiger partial charge >= 0.3 is 0 Å². The lowest BCUT2D eigenvalue weighted by atomic mass is 9.77. The van der Waals surface area contributed by atoms with Crippen LogP contribution in [0.25, 0.3) is 0 Å². The van der Waals surface area contributed by atoms with Gasteiger partial charge in [0.2, 0.25) is 0 Å². The number of hydrogen-bond donors (Lipinski definition) is 0. The van der Waals surface area contributed by atoms with E-state index in [0.717, 1.165) is 11.4 Å². The van der Waals surface area contributed by atoms with Crippen molar-refractivity contribution in [2.45, 2.75) is 34.6 Å². The van der Waals surface area contributed by atoms with Gasteiger partial charge in [-0.2, -0.15) is 0 Å². The molecule has 0 bridgehead atoms. The predicted octanol–water partition coefficient (Wildman–Crippen LogP) is 4.45. The molecule has 17 heavy (non-hydrogen) atoms. The summed E-state index contributed by atoms with van der Waals surface area (Å²) in [4.78, 5) is 4.75. The molecule has 0 aromatic rings. The van der Waals surface area contributed by atoms with Crippen molar-refractivity contribution in [3.05, 3.63) is 47.7 Å². The minimum atomic E-state index is 0.0155. The van der Waals surface area contributed by atoms with Gasteiger partial charge in [0.1, 0.15) is 0 Å². The molecule has 1 nitrogen and oxygen atoms in total. The fourth-order valence-corrected chi connectivity index (χ4v) is 2.38. The first-order valence-electron chi connectivity index (χ1n) is 6.22. The number of rotatable bonds is 1. The smallest absolute Gasteiger partial charge is 0.0671 e. The number of allylic oxidation sites excluding steroid dienone is 7. The third kappa shape index (κ3) is 2.06. The fraction of sp³-hybridized carbons (Fsp3) is 0.438. The molecule has 0 N–H and O–H groups in total. The van der Waals surface area contributed by atoms with E-state index in [9.17, 15) is 0 Å². The fourth-order valence-electron chi connectivity index (χ4n) is 2.38. The van der Waals surface area contributed by atoms with Gasteiger partial charge in [0.05, 0.1) is 11.4 Å². The molecular formula is C16H21N. The molecule has 1 aliphatic heterocycles. The van der Waals surface area contributed by atoms with Gasteiger partial charge < -0.3 is 0 Å². The van der Waals surface area contributed by atoms with Crippen LogP contribution in [0.15, 0.2) is 52.7 Å². The van der Waals surface area contributed by atoms with E-state index in [0.29, 0.717) is 0 Å². The summed E-state index contributed by atoms with van der Waals surface area (Å²) in [7, 11) is 0. The summed E-state index contributed by atoms with van der Waals surface area (Å²) in [5, 5.41) is 0. The third-order valence-corrected chi connectivity index (χ3v) is 3.45. The molecule has 1 heteroatoms. The van der Waals surface area contributed by atoms with Crippen LogP contribution in [0.4, 0.5) is 0 Å². The quantitative estimate of drug-likeness (QED) is 0.627. The Morgan fingerprint density at radius 2 is 1.88 bits per heavy atom. The molecule has 1 heterocycles. The van der Waals surface area contributed by atoms with Crippen LogP contribution in [0.1, 0.15) is 34.6 Å². The highest BCUT2D eigenvalue weighted by Gasteiger charge is 2.37. The van der Waals surface area contributed by atoms with Crippen molar-refractivity contribution in [1.82, 2.24) is 0 Å². The van der Waals surface area contributed by atoms with Crippen molar-refractivity contribution in [2.75, 3.05) is 0 Å². The van der Waals surface area contributed by atoms with E-state index in [2.05, 4.69) is 64.2 Å². The largest absolute Gasteiger partial charge is 0.252 e. The first-order chi connectivity index (χ1) is 7.87.